The number of hydrogen-bond acceptors (Lipinski definition) is 2. The van der Waals surface area contributed by atoms with Crippen LogP contribution in [0.2, 0.25) is 0 Å². The lowest BCUT2D eigenvalue weighted by atomic mass is 9.90. The first-order valence-corrected chi connectivity index (χ1v) is 11.6. The zero-order valence-corrected chi connectivity index (χ0v) is 19.1. The molecule has 0 spiro atoms. The van der Waals surface area contributed by atoms with Crippen LogP contribution >= 0.6 is 0 Å². The molecule has 32 heavy (non-hydrogen) atoms. The fourth-order valence-electron chi connectivity index (χ4n) is 4.83. The molecule has 5 rings (SSSR count). The maximum absolute atomic E-state index is 15.3. The Bertz CT molecular complexity index is 1440. The Kier molecular flexibility index (Phi) is 5.21. The lowest BCUT2D eigenvalue weighted by Crippen LogP contribution is -2.00. The van der Waals surface area contributed by atoms with Crippen LogP contribution in [-0.4, -0.2) is 4.98 Å². The molecule has 3 aromatic carbocycles. The standard InChI is InChI=1S/C29H28FNO/c1-5-18(6-2)22-13-19-11-12-31-28(23(19)16-26(22)30)25-15-20(17(3)4)14-24-21-9-7-8-10-27(21)32-29(24)25/h7-18H,5-6H2,1-4H3. The number of rotatable bonds is 5. The van der Waals surface area contributed by atoms with E-state index in [1.807, 2.05) is 36.5 Å². The van der Waals surface area contributed by atoms with E-state index in [2.05, 4.69) is 45.9 Å². The molecule has 2 nitrogen and oxygen atoms in total. The van der Waals surface area contributed by atoms with Crippen molar-refractivity contribution in [3.05, 3.63) is 77.7 Å². The van der Waals surface area contributed by atoms with Crippen LogP contribution in [0.25, 0.3) is 44.0 Å². The third kappa shape index (κ3) is 3.28. The predicted octanol–water partition coefficient (Wildman–Crippen LogP) is 8.97. The molecule has 0 unspecified atom stereocenters. The molecular formula is C29H28FNO. The molecule has 0 amide bonds. The minimum atomic E-state index is -0.152. The summed E-state index contributed by atoms with van der Waals surface area (Å²) >= 11 is 0. The van der Waals surface area contributed by atoms with Gasteiger partial charge in [-0.15, -0.1) is 0 Å². The van der Waals surface area contributed by atoms with Gasteiger partial charge in [-0.25, -0.2) is 4.39 Å². The van der Waals surface area contributed by atoms with E-state index in [9.17, 15) is 0 Å². The van der Waals surface area contributed by atoms with E-state index in [0.717, 1.165) is 62.4 Å². The Hall–Kier alpha value is -3.20. The van der Waals surface area contributed by atoms with Crippen molar-refractivity contribution >= 4 is 32.7 Å². The van der Waals surface area contributed by atoms with Crippen LogP contribution in [0.5, 0.6) is 0 Å². The molecule has 0 fully saturated rings. The number of benzene rings is 3. The summed E-state index contributed by atoms with van der Waals surface area (Å²) in [4.78, 5) is 4.73. The van der Waals surface area contributed by atoms with E-state index < -0.39 is 0 Å². The zero-order chi connectivity index (χ0) is 22.4. The minimum Gasteiger partial charge on any atom is -0.455 e. The van der Waals surface area contributed by atoms with Gasteiger partial charge in [-0.3, -0.25) is 4.98 Å². The van der Waals surface area contributed by atoms with Gasteiger partial charge in [-0.1, -0.05) is 45.9 Å². The second kappa shape index (κ2) is 8.05. The van der Waals surface area contributed by atoms with Gasteiger partial charge in [0, 0.05) is 27.9 Å². The van der Waals surface area contributed by atoms with Crippen molar-refractivity contribution in [2.45, 2.75) is 52.4 Å². The number of aromatic nitrogens is 1. The zero-order valence-electron chi connectivity index (χ0n) is 19.1. The SMILES string of the molecule is CCC(CC)c1cc2ccnc(-c3cc(C(C)C)cc4c3oc3ccccc34)c2cc1F. The number of furan rings is 1. The number of nitrogens with zero attached hydrogens (tertiary/aromatic N) is 1. The van der Waals surface area contributed by atoms with Gasteiger partial charge in [0.2, 0.25) is 0 Å². The molecule has 2 heterocycles. The van der Waals surface area contributed by atoms with Crippen LogP contribution in [0.1, 0.15) is 63.5 Å². The molecule has 0 aliphatic rings. The summed E-state index contributed by atoms with van der Waals surface area (Å²) in [6.45, 7) is 8.60. The summed E-state index contributed by atoms with van der Waals surface area (Å²) in [5.41, 5.74) is 5.36. The second-order valence-corrected chi connectivity index (χ2v) is 8.97. The number of halogens is 1. The van der Waals surface area contributed by atoms with Crippen molar-refractivity contribution in [2.75, 3.05) is 0 Å². The largest absolute Gasteiger partial charge is 0.455 e. The van der Waals surface area contributed by atoms with E-state index in [1.165, 1.54) is 5.56 Å². The van der Waals surface area contributed by atoms with Crippen LogP contribution in [-0.2, 0) is 0 Å². The maximum Gasteiger partial charge on any atom is 0.144 e. The van der Waals surface area contributed by atoms with Gasteiger partial charge in [-0.2, -0.15) is 0 Å². The van der Waals surface area contributed by atoms with E-state index in [4.69, 9.17) is 9.40 Å². The summed E-state index contributed by atoms with van der Waals surface area (Å²) in [5, 5.41) is 4.00. The molecule has 162 valence electrons. The highest BCUT2D eigenvalue weighted by atomic mass is 19.1. The molecule has 0 aliphatic heterocycles. The van der Waals surface area contributed by atoms with Crippen LogP contribution in [0.3, 0.4) is 0 Å². The summed E-state index contributed by atoms with van der Waals surface area (Å²) < 4.78 is 21.6. The Labute approximate surface area is 188 Å². The maximum atomic E-state index is 15.3. The third-order valence-electron chi connectivity index (χ3n) is 6.73. The topological polar surface area (TPSA) is 26.0 Å². The highest BCUT2D eigenvalue weighted by Gasteiger charge is 2.20. The molecule has 5 aromatic rings. The molecule has 3 heteroatoms. The van der Waals surface area contributed by atoms with Crippen LogP contribution in [0.4, 0.5) is 4.39 Å². The molecule has 0 aliphatic carbocycles. The minimum absolute atomic E-state index is 0.152. The predicted molar refractivity (Wildman–Crippen MR) is 132 cm³/mol. The first-order valence-electron chi connectivity index (χ1n) is 11.6. The molecule has 0 atom stereocenters. The van der Waals surface area contributed by atoms with Crippen molar-refractivity contribution in [1.82, 2.24) is 4.98 Å². The number of hydrogen-bond donors (Lipinski definition) is 0. The van der Waals surface area contributed by atoms with Gasteiger partial charge in [0.05, 0.1) is 5.69 Å². The molecule has 0 bridgehead atoms. The average Bonchev–Trinajstić information content (AvgIpc) is 3.18. The molecule has 0 saturated carbocycles. The normalized spacial score (nSPS) is 12.1. The Balaban J connectivity index is 1.83. The van der Waals surface area contributed by atoms with E-state index in [1.54, 1.807) is 6.07 Å². The second-order valence-electron chi connectivity index (χ2n) is 8.97. The first-order chi connectivity index (χ1) is 15.5. The van der Waals surface area contributed by atoms with Gasteiger partial charge in [0.1, 0.15) is 17.0 Å². The van der Waals surface area contributed by atoms with E-state index in [0.29, 0.717) is 5.92 Å². The number of pyridine rings is 1. The van der Waals surface area contributed by atoms with Crippen molar-refractivity contribution in [3.8, 4) is 11.3 Å². The lowest BCUT2D eigenvalue weighted by molar-refractivity contribution is 0.560. The van der Waals surface area contributed by atoms with Crippen LogP contribution in [0, 0.1) is 5.82 Å². The molecule has 0 N–H and O–H groups in total. The Morgan fingerprint density at radius 3 is 2.44 bits per heavy atom. The van der Waals surface area contributed by atoms with Gasteiger partial charge in [0.25, 0.3) is 0 Å². The molecule has 0 saturated heterocycles. The van der Waals surface area contributed by atoms with Crippen molar-refractivity contribution in [1.29, 1.82) is 0 Å². The van der Waals surface area contributed by atoms with Crippen LogP contribution in [0.15, 0.2) is 65.2 Å². The average molecular weight is 426 g/mol. The summed E-state index contributed by atoms with van der Waals surface area (Å²) in [6.07, 6.45) is 3.67. The smallest absolute Gasteiger partial charge is 0.144 e. The van der Waals surface area contributed by atoms with E-state index >= 15 is 4.39 Å². The third-order valence-corrected chi connectivity index (χ3v) is 6.73. The van der Waals surface area contributed by atoms with Gasteiger partial charge >= 0.3 is 0 Å². The summed E-state index contributed by atoms with van der Waals surface area (Å²) in [5.74, 6) is 0.420. The Morgan fingerprint density at radius 2 is 1.69 bits per heavy atom. The molecule has 2 aromatic heterocycles. The fourth-order valence-corrected chi connectivity index (χ4v) is 4.83. The highest BCUT2D eigenvalue weighted by Crippen LogP contribution is 2.40. The van der Waals surface area contributed by atoms with Crippen molar-refractivity contribution in [3.63, 3.8) is 0 Å². The van der Waals surface area contributed by atoms with Gasteiger partial charge in [-0.05, 0) is 77.6 Å². The van der Waals surface area contributed by atoms with Gasteiger partial charge < -0.3 is 4.42 Å². The molecule has 0 radical (unpaired) electrons. The summed E-state index contributed by atoms with van der Waals surface area (Å²) in [6, 6.07) is 18.1. The van der Waals surface area contributed by atoms with Gasteiger partial charge in [0.15, 0.2) is 0 Å². The monoisotopic (exact) mass is 425 g/mol. The summed E-state index contributed by atoms with van der Waals surface area (Å²) in [7, 11) is 0. The van der Waals surface area contributed by atoms with Crippen molar-refractivity contribution in [2.24, 2.45) is 0 Å². The molecular weight excluding hydrogens is 397 g/mol. The Morgan fingerprint density at radius 1 is 0.906 bits per heavy atom. The highest BCUT2D eigenvalue weighted by molar-refractivity contribution is 6.11. The fraction of sp³-hybridized carbons (Fsp3) is 0.276. The van der Waals surface area contributed by atoms with Crippen molar-refractivity contribution < 1.29 is 8.81 Å². The van der Waals surface area contributed by atoms with E-state index in [-0.39, 0.29) is 11.7 Å². The van der Waals surface area contributed by atoms with Crippen LogP contribution < -0.4 is 0 Å². The number of para-hydroxylation sites is 1. The quantitative estimate of drug-likeness (QED) is 0.281. The first kappa shape index (κ1) is 20.7. The number of fused-ring (bicyclic) bond motifs is 4. The lowest BCUT2D eigenvalue weighted by Gasteiger charge is -2.16.